The van der Waals surface area contributed by atoms with Crippen LogP contribution in [0.25, 0.3) is 0 Å². The number of carboxylic acid groups (broad SMARTS) is 1. The van der Waals surface area contributed by atoms with Crippen molar-refractivity contribution >= 4 is 34.9 Å². The number of nitro groups is 1. The quantitative estimate of drug-likeness (QED) is 0.578. The summed E-state index contributed by atoms with van der Waals surface area (Å²) in [6.07, 6.45) is -0.0935. The van der Waals surface area contributed by atoms with E-state index in [1.165, 1.54) is 24.3 Å². The summed E-state index contributed by atoms with van der Waals surface area (Å²) in [6, 6.07) is 12.1. The van der Waals surface area contributed by atoms with Gasteiger partial charge in [-0.25, -0.2) is 0 Å². The van der Waals surface area contributed by atoms with Gasteiger partial charge in [-0.3, -0.25) is 19.7 Å². The Kier molecular flexibility index (Phi) is 6.08. The molecule has 0 saturated heterocycles. The minimum absolute atomic E-state index is 0.0961. The number of carbonyl (C=O) groups is 2. The molecule has 0 saturated carbocycles. The number of amides is 1. The van der Waals surface area contributed by atoms with Crippen molar-refractivity contribution in [3.05, 3.63) is 69.2 Å². The monoisotopic (exact) mass is 362 g/mol. The SMILES string of the molecule is O=C(O)C[C@H](Cc1ccc(Cl)cc1)C(=O)Nc1ccc([N+](=O)[O-])cc1. The molecule has 2 aromatic carbocycles. The maximum absolute atomic E-state index is 12.4. The van der Waals surface area contributed by atoms with Gasteiger partial charge in [0.05, 0.1) is 17.3 Å². The first-order valence-electron chi connectivity index (χ1n) is 7.36. The number of carbonyl (C=O) groups excluding carboxylic acids is 1. The van der Waals surface area contributed by atoms with E-state index in [4.69, 9.17) is 16.7 Å². The number of halogens is 1. The van der Waals surface area contributed by atoms with E-state index >= 15 is 0 Å². The number of rotatable bonds is 7. The molecule has 130 valence electrons. The topological polar surface area (TPSA) is 110 Å². The van der Waals surface area contributed by atoms with Gasteiger partial charge >= 0.3 is 5.97 Å². The van der Waals surface area contributed by atoms with Gasteiger partial charge < -0.3 is 10.4 Å². The highest BCUT2D eigenvalue weighted by molar-refractivity contribution is 6.30. The van der Waals surface area contributed by atoms with E-state index in [0.717, 1.165) is 5.56 Å². The number of non-ortho nitro benzene ring substituents is 1. The van der Waals surface area contributed by atoms with E-state index in [9.17, 15) is 19.7 Å². The van der Waals surface area contributed by atoms with Crippen molar-refractivity contribution < 1.29 is 19.6 Å². The Balaban J connectivity index is 2.10. The number of carboxylic acids is 1. The van der Waals surface area contributed by atoms with Crippen molar-refractivity contribution in [2.45, 2.75) is 12.8 Å². The van der Waals surface area contributed by atoms with Crippen LogP contribution in [0.5, 0.6) is 0 Å². The van der Waals surface area contributed by atoms with Crippen molar-refractivity contribution in [2.75, 3.05) is 5.32 Å². The maximum Gasteiger partial charge on any atom is 0.304 e. The molecule has 0 spiro atoms. The summed E-state index contributed by atoms with van der Waals surface area (Å²) in [6.45, 7) is 0. The molecule has 2 rings (SSSR count). The van der Waals surface area contributed by atoms with Gasteiger partial charge in [-0.05, 0) is 36.2 Å². The van der Waals surface area contributed by atoms with Crippen molar-refractivity contribution in [3.8, 4) is 0 Å². The largest absolute Gasteiger partial charge is 0.481 e. The fourth-order valence-corrected chi connectivity index (χ4v) is 2.41. The summed E-state index contributed by atoms with van der Waals surface area (Å²) < 4.78 is 0. The molecule has 2 N–H and O–H groups in total. The lowest BCUT2D eigenvalue weighted by Crippen LogP contribution is -2.27. The van der Waals surface area contributed by atoms with Crippen molar-refractivity contribution in [1.82, 2.24) is 0 Å². The zero-order valence-corrected chi connectivity index (χ0v) is 13.8. The van der Waals surface area contributed by atoms with Gasteiger partial charge in [0.2, 0.25) is 5.91 Å². The van der Waals surface area contributed by atoms with Crippen LogP contribution in [0.15, 0.2) is 48.5 Å². The maximum atomic E-state index is 12.4. The Bertz CT molecular complexity index is 775. The molecule has 0 unspecified atom stereocenters. The van der Waals surface area contributed by atoms with Crippen LogP contribution >= 0.6 is 11.6 Å². The molecular weight excluding hydrogens is 348 g/mol. The molecule has 0 aliphatic heterocycles. The van der Waals surface area contributed by atoms with Crippen LogP contribution in [0.2, 0.25) is 5.02 Å². The van der Waals surface area contributed by atoms with Crippen LogP contribution in [0.1, 0.15) is 12.0 Å². The van der Waals surface area contributed by atoms with Gasteiger partial charge in [0.25, 0.3) is 5.69 Å². The summed E-state index contributed by atoms with van der Waals surface area (Å²) in [5.41, 5.74) is 1.05. The highest BCUT2D eigenvalue weighted by atomic mass is 35.5. The third-order valence-corrected chi connectivity index (χ3v) is 3.78. The third-order valence-electron chi connectivity index (χ3n) is 3.53. The fourth-order valence-electron chi connectivity index (χ4n) is 2.28. The van der Waals surface area contributed by atoms with E-state index in [1.54, 1.807) is 24.3 Å². The zero-order chi connectivity index (χ0) is 18.4. The normalized spacial score (nSPS) is 11.6. The predicted molar refractivity (Wildman–Crippen MR) is 92.6 cm³/mol. The van der Waals surface area contributed by atoms with Gasteiger partial charge in [0.15, 0.2) is 0 Å². The van der Waals surface area contributed by atoms with E-state index < -0.39 is 22.7 Å². The van der Waals surface area contributed by atoms with Crippen molar-refractivity contribution in [2.24, 2.45) is 5.92 Å². The van der Waals surface area contributed by atoms with Crippen LogP contribution in [0, 0.1) is 16.0 Å². The molecule has 0 bridgehead atoms. The molecule has 25 heavy (non-hydrogen) atoms. The van der Waals surface area contributed by atoms with Gasteiger partial charge in [-0.1, -0.05) is 23.7 Å². The molecule has 0 aliphatic rings. The fraction of sp³-hybridized carbons (Fsp3) is 0.176. The van der Waals surface area contributed by atoms with Crippen LogP contribution in [0.4, 0.5) is 11.4 Å². The summed E-state index contributed by atoms with van der Waals surface area (Å²) in [4.78, 5) is 33.6. The summed E-state index contributed by atoms with van der Waals surface area (Å²) >= 11 is 5.82. The minimum Gasteiger partial charge on any atom is -0.481 e. The molecule has 0 radical (unpaired) electrons. The Morgan fingerprint density at radius 1 is 1.12 bits per heavy atom. The Morgan fingerprint density at radius 3 is 2.24 bits per heavy atom. The first kappa shape index (κ1) is 18.4. The molecule has 7 nitrogen and oxygen atoms in total. The van der Waals surface area contributed by atoms with Gasteiger partial charge in [-0.15, -0.1) is 0 Å². The lowest BCUT2D eigenvalue weighted by atomic mass is 9.95. The predicted octanol–water partition coefficient (Wildman–Crippen LogP) is 3.52. The van der Waals surface area contributed by atoms with Gasteiger partial charge in [0, 0.05) is 22.8 Å². The summed E-state index contributed by atoms with van der Waals surface area (Å²) in [5, 5.41) is 22.8. The average molecular weight is 363 g/mol. The minimum atomic E-state index is -1.09. The standard InChI is InChI=1S/C17H15ClN2O5/c18-13-3-1-11(2-4-13)9-12(10-16(21)22)17(23)19-14-5-7-15(8-6-14)20(24)25/h1-8,12H,9-10H2,(H,19,23)(H,21,22)/t12-/m0/s1. The van der Waals surface area contributed by atoms with Crippen molar-refractivity contribution in [1.29, 1.82) is 0 Å². The lowest BCUT2D eigenvalue weighted by Gasteiger charge is -2.15. The molecule has 2 aromatic rings. The number of nitrogens with zero attached hydrogens (tertiary/aromatic N) is 1. The molecule has 0 fully saturated rings. The molecule has 0 aromatic heterocycles. The molecule has 0 heterocycles. The van der Waals surface area contributed by atoms with E-state index in [0.29, 0.717) is 10.7 Å². The first-order chi connectivity index (χ1) is 11.8. The van der Waals surface area contributed by atoms with Crippen LogP contribution in [0.3, 0.4) is 0 Å². The molecular formula is C17H15ClN2O5. The first-order valence-corrected chi connectivity index (χ1v) is 7.74. The van der Waals surface area contributed by atoms with Gasteiger partial charge in [0.1, 0.15) is 0 Å². The second-order valence-electron chi connectivity index (χ2n) is 5.42. The summed E-state index contributed by atoms with van der Waals surface area (Å²) in [7, 11) is 0. The Hall–Kier alpha value is -2.93. The van der Waals surface area contributed by atoms with Crippen molar-refractivity contribution in [3.63, 3.8) is 0 Å². The van der Waals surface area contributed by atoms with Crippen LogP contribution in [-0.2, 0) is 16.0 Å². The number of nitrogens with one attached hydrogen (secondary N) is 1. The molecule has 1 amide bonds. The molecule has 0 aliphatic carbocycles. The highest BCUT2D eigenvalue weighted by Crippen LogP contribution is 2.20. The highest BCUT2D eigenvalue weighted by Gasteiger charge is 2.22. The van der Waals surface area contributed by atoms with E-state index in [-0.39, 0.29) is 18.5 Å². The number of nitro benzene ring substituents is 1. The number of anilines is 1. The Morgan fingerprint density at radius 2 is 1.72 bits per heavy atom. The smallest absolute Gasteiger partial charge is 0.304 e. The third kappa shape index (κ3) is 5.58. The van der Waals surface area contributed by atoms with Gasteiger partial charge in [-0.2, -0.15) is 0 Å². The van der Waals surface area contributed by atoms with E-state index in [1.807, 2.05) is 0 Å². The summed E-state index contributed by atoms with van der Waals surface area (Å²) in [5.74, 6) is -2.34. The average Bonchev–Trinajstić information content (AvgIpc) is 2.56. The number of aliphatic carboxylic acids is 1. The second-order valence-corrected chi connectivity index (χ2v) is 5.86. The molecule has 1 atom stereocenters. The lowest BCUT2D eigenvalue weighted by molar-refractivity contribution is -0.384. The van der Waals surface area contributed by atoms with Crippen LogP contribution in [-0.4, -0.2) is 21.9 Å². The number of hydrogen-bond donors (Lipinski definition) is 2. The second kappa shape index (κ2) is 8.25. The number of hydrogen-bond acceptors (Lipinski definition) is 4. The van der Waals surface area contributed by atoms with Crippen LogP contribution < -0.4 is 5.32 Å². The zero-order valence-electron chi connectivity index (χ0n) is 13.0. The number of benzene rings is 2. The molecule has 8 heteroatoms. The Labute approximate surface area is 148 Å². The van der Waals surface area contributed by atoms with E-state index in [2.05, 4.69) is 5.32 Å².